The van der Waals surface area contributed by atoms with Crippen molar-refractivity contribution >= 4 is 17.7 Å². The van der Waals surface area contributed by atoms with Crippen LogP contribution in [0.5, 0.6) is 0 Å². The number of benzene rings is 1. The van der Waals surface area contributed by atoms with Gasteiger partial charge in [-0.05, 0) is 90.7 Å². The summed E-state index contributed by atoms with van der Waals surface area (Å²) in [6, 6.07) is 8.32. The van der Waals surface area contributed by atoms with Crippen molar-refractivity contribution in [2.75, 3.05) is 27.4 Å². The fourth-order valence-electron chi connectivity index (χ4n) is 15.1. The molecule has 8 aliphatic rings. The molecule has 7 fully saturated rings. The monoisotopic (exact) mass is 1190 g/mol. The number of methoxy groups -OCH3 is 2. The van der Waals surface area contributed by atoms with Crippen molar-refractivity contribution in [1.29, 1.82) is 0 Å². The van der Waals surface area contributed by atoms with Gasteiger partial charge in [-0.15, -0.1) is 0 Å². The van der Waals surface area contributed by atoms with Gasteiger partial charge in [-0.3, -0.25) is 4.79 Å². The van der Waals surface area contributed by atoms with Crippen LogP contribution in [-0.2, 0) is 66.4 Å². The molecule has 25 heteroatoms. The van der Waals surface area contributed by atoms with Crippen molar-refractivity contribution in [2.45, 2.75) is 240 Å². The molecule has 4 aliphatic heterocycles. The minimum Gasteiger partial charge on any atom is -0.454 e. The largest absolute Gasteiger partial charge is 0.454 e. The molecule has 0 aromatic heterocycles. The first-order valence-corrected chi connectivity index (χ1v) is 29.1. The molecule has 84 heavy (non-hydrogen) atoms. The highest BCUT2D eigenvalue weighted by molar-refractivity contribution is 5.90. The Kier molecular flexibility index (Phi) is 19.8. The third kappa shape index (κ3) is 11.3. The smallest absolute Gasteiger partial charge is 0.338 e. The lowest BCUT2D eigenvalue weighted by molar-refractivity contribution is -0.384. The second kappa shape index (κ2) is 25.5. The van der Waals surface area contributed by atoms with Gasteiger partial charge in [0, 0.05) is 43.5 Å². The van der Waals surface area contributed by atoms with Crippen LogP contribution in [0.3, 0.4) is 0 Å². The highest BCUT2D eigenvalue weighted by Gasteiger charge is 2.81. The zero-order valence-corrected chi connectivity index (χ0v) is 48.9. The predicted molar refractivity (Wildman–Crippen MR) is 286 cm³/mol. The van der Waals surface area contributed by atoms with E-state index in [9.17, 15) is 65.4 Å². The van der Waals surface area contributed by atoms with Gasteiger partial charge in [0.1, 0.15) is 102 Å². The molecule has 28 atom stereocenters. The zero-order valence-electron chi connectivity index (χ0n) is 48.9. The van der Waals surface area contributed by atoms with Gasteiger partial charge in [-0.2, -0.15) is 0 Å². The van der Waals surface area contributed by atoms with Crippen molar-refractivity contribution in [1.82, 2.24) is 0 Å². The summed E-state index contributed by atoms with van der Waals surface area (Å²) in [4.78, 5) is 41.8. The molecule has 25 nitrogen and oxygen atoms in total. The number of esters is 2. The Hall–Kier alpha value is -3.49. The molecule has 0 unspecified atom stereocenters. The summed E-state index contributed by atoms with van der Waals surface area (Å²) in [5.41, 5.74) is -5.13. The van der Waals surface area contributed by atoms with Crippen LogP contribution >= 0.6 is 0 Å². The van der Waals surface area contributed by atoms with Crippen LogP contribution in [0.1, 0.15) is 104 Å². The molecule has 0 spiro atoms. The summed E-state index contributed by atoms with van der Waals surface area (Å²) < 4.78 is 73.6. The molecular formula is C59H86O25. The SMILES string of the molecule is C/C=C(\C)C(=O)O[C@@H]1[C@@H](OC(=O)c2ccccc2)[C@@H]2[C@@]3(C)CC[C@H](O[C@H]4C[C@@H](OC)[C@H](O[C@@H]5O[C@H](C)[C@@H](O[C@@H]6O[C@H](CO)[C@@H](O[C@@H]7O[C@H](CO)[C@@H](O)[C@H](O)[C@H]7O)[C@H](O)[C@H]6O)[C@@H](OC)[C@H]5O)[C@@H](C)O4)CC3=CC[C@@]2(O)[C@@]2(O)CC[C@H](C(C)=O)[C@@]12C. The van der Waals surface area contributed by atoms with Crippen LogP contribution in [0.2, 0.25) is 0 Å². The molecule has 4 aliphatic carbocycles. The Morgan fingerprint density at radius 1 is 0.679 bits per heavy atom. The summed E-state index contributed by atoms with van der Waals surface area (Å²) >= 11 is 0. The maximum atomic E-state index is 14.3. The first kappa shape index (κ1) is 65.0. The third-order valence-electron chi connectivity index (χ3n) is 19.9. The number of allylic oxidation sites excluding steroid dienone is 1. The van der Waals surface area contributed by atoms with Crippen molar-refractivity contribution in [3.05, 3.63) is 59.2 Å². The van der Waals surface area contributed by atoms with Gasteiger partial charge < -0.3 is 108 Å². The quantitative estimate of drug-likeness (QED) is 0.0546. The Morgan fingerprint density at radius 3 is 1.93 bits per heavy atom. The van der Waals surface area contributed by atoms with E-state index in [1.165, 1.54) is 21.1 Å². The number of hydrogen-bond acceptors (Lipinski definition) is 25. The predicted octanol–water partition coefficient (Wildman–Crippen LogP) is -0.242. The molecule has 4 saturated heterocycles. The molecule has 4 heterocycles. The number of ketones is 1. The van der Waals surface area contributed by atoms with E-state index < -0.39 is 194 Å². The van der Waals surface area contributed by atoms with E-state index in [-0.39, 0.29) is 42.6 Å². The molecule has 1 aromatic carbocycles. The fraction of sp³-hybridized carbons (Fsp3) is 0.780. The lowest BCUT2D eigenvalue weighted by atomic mass is 9.42. The van der Waals surface area contributed by atoms with Crippen LogP contribution in [0, 0.1) is 22.7 Å². The van der Waals surface area contributed by atoms with Crippen molar-refractivity contribution < 1.29 is 122 Å². The number of hydrogen-bond donors (Lipinski definition) is 10. The summed E-state index contributed by atoms with van der Waals surface area (Å²) in [5.74, 6) is -3.59. The van der Waals surface area contributed by atoms with E-state index in [4.69, 9.17) is 56.8 Å². The third-order valence-corrected chi connectivity index (χ3v) is 19.9. The van der Waals surface area contributed by atoms with Crippen LogP contribution in [0.4, 0.5) is 0 Å². The normalized spacial score (nSPS) is 47.8. The van der Waals surface area contributed by atoms with E-state index in [0.717, 1.165) is 5.57 Å². The topological polar surface area (TPSA) is 364 Å². The van der Waals surface area contributed by atoms with Gasteiger partial charge >= 0.3 is 11.9 Å². The van der Waals surface area contributed by atoms with Crippen LogP contribution < -0.4 is 0 Å². The number of fused-ring (bicyclic) bond motifs is 5. The molecule has 9 rings (SSSR count). The molecule has 0 radical (unpaired) electrons. The second-order valence-electron chi connectivity index (χ2n) is 24.5. The standard InChI is InChI=1S/C59H86O25/c1-10-26(2)51(69)84-50-48(80-52(70)30-14-12-11-13-15-30)49-56(6)19-17-32(22-31(56)16-20-58(49,71)59(72)21-18-33(27(3)62)57(50,59)7)77-37-23-34(73-8)44(28(4)75-37)81-55-43(68)47(74-9)45(29(5)76-55)82-54-42(67)40(65)46(36(25-61)79-54)83-53-41(66)39(64)38(63)35(24-60)78-53/h10-16,28-29,32-50,53-55,60-61,63-68,71-72H,17-25H2,1-9H3/b26-10+/t28-,29-,32+,33-,34-,35-,36-,37+,38-,39+,40-,41-,42-,43-,44-,45-,46-,47+,48+,49-,50-,53+,54+,55+,56+,57+,58+,59-/m1/s1. The molecule has 10 N–H and O–H groups in total. The van der Waals surface area contributed by atoms with Gasteiger partial charge in [0.25, 0.3) is 0 Å². The minimum absolute atomic E-state index is 0.0242. The number of rotatable bonds is 17. The van der Waals surface area contributed by atoms with Gasteiger partial charge in [-0.25, -0.2) is 9.59 Å². The van der Waals surface area contributed by atoms with Crippen molar-refractivity contribution in [2.24, 2.45) is 22.7 Å². The summed E-state index contributed by atoms with van der Waals surface area (Å²) in [7, 11) is 2.81. The van der Waals surface area contributed by atoms with Gasteiger partial charge in [0.15, 0.2) is 25.2 Å². The average Bonchev–Trinajstić information content (AvgIpc) is 1.25. The van der Waals surface area contributed by atoms with E-state index in [1.54, 1.807) is 71.0 Å². The number of Topliss-reactive ketones (excluding diaryl/α,β-unsaturated/α-hetero) is 1. The van der Waals surface area contributed by atoms with E-state index >= 15 is 0 Å². The maximum absolute atomic E-state index is 14.3. The molecule has 472 valence electrons. The Balaban J connectivity index is 0.872. The number of aliphatic hydroxyl groups is 10. The molecule has 0 bridgehead atoms. The van der Waals surface area contributed by atoms with Gasteiger partial charge in [0.05, 0.1) is 43.2 Å². The Morgan fingerprint density at radius 2 is 1.30 bits per heavy atom. The summed E-state index contributed by atoms with van der Waals surface area (Å²) in [6.07, 6.45) is -24.3. The van der Waals surface area contributed by atoms with Gasteiger partial charge in [-0.1, -0.05) is 49.8 Å². The molecule has 3 saturated carbocycles. The lowest BCUT2D eigenvalue weighted by Crippen LogP contribution is -2.80. The number of ether oxygens (including phenoxy) is 12. The fourth-order valence-corrected chi connectivity index (χ4v) is 15.1. The Labute approximate surface area is 487 Å². The first-order chi connectivity index (χ1) is 39.8. The maximum Gasteiger partial charge on any atom is 0.338 e. The van der Waals surface area contributed by atoms with Crippen molar-refractivity contribution in [3.63, 3.8) is 0 Å². The van der Waals surface area contributed by atoms with Crippen LogP contribution in [0.25, 0.3) is 0 Å². The second-order valence-corrected chi connectivity index (χ2v) is 24.5. The lowest BCUT2D eigenvalue weighted by Gasteiger charge is -2.68. The summed E-state index contributed by atoms with van der Waals surface area (Å²) in [6.45, 7) is 10.1. The zero-order chi connectivity index (χ0) is 61.1. The van der Waals surface area contributed by atoms with Crippen molar-refractivity contribution in [3.8, 4) is 0 Å². The first-order valence-electron chi connectivity index (χ1n) is 29.1. The van der Waals surface area contributed by atoms with Crippen LogP contribution in [0.15, 0.2) is 53.6 Å². The molecular weight excluding hydrogens is 1110 g/mol. The number of aliphatic hydroxyl groups excluding tert-OH is 8. The van der Waals surface area contributed by atoms with E-state index in [2.05, 4.69) is 0 Å². The Bertz CT molecular complexity index is 2530. The number of carbonyl (C=O) groups excluding carboxylic acids is 3. The minimum atomic E-state index is -1.98. The molecule has 1 aromatic rings. The van der Waals surface area contributed by atoms with E-state index in [0.29, 0.717) is 19.3 Å². The average molecular weight is 1200 g/mol. The van der Waals surface area contributed by atoms with Gasteiger partial charge in [0.2, 0.25) is 0 Å². The van der Waals surface area contributed by atoms with Crippen LogP contribution in [-0.4, -0.2) is 242 Å². The summed E-state index contributed by atoms with van der Waals surface area (Å²) in [5, 5.41) is 112. The molecule has 0 amide bonds. The number of carbonyl (C=O) groups is 3. The highest BCUT2D eigenvalue weighted by atomic mass is 16.8. The highest BCUT2D eigenvalue weighted by Crippen LogP contribution is 2.71. The van der Waals surface area contributed by atoms with E-state index in [1.807, 2.05) is 13.0 Å².